The summed E-state index contributed by atoms with van der Waals surface area (Å²) in [5.74, 6) is 0.243. The number of piperazine rings is 1. The topological polar surface area (TPSA) is 15.3 Å². The van der Waals surface area contributed by atoms with Gasteiger partial charge in [0.05, 0.1) is 0 Å². The van der Waals surface area contributed by atoms with E-state index in [4.69, 9.17) is 11.6 Å². The minimum Gasteiger partial charge on any atom is -0.314 e. The maximum atomic E-state index is 12.4. The van der Waals surface area contributed by atoms with Crippen LogP contribution in [-0.2, 0) is 0 Å². The van der Waals surface area contributed by atoms with Crippen molar-refractivity contribution in [2.24, 2.45) is 0 Å². The summed E-state index contributed by atoms with van der Waals surface area (Å²) in [5, 5.41) is 2.73. The lowest BCUT2D eigenvalue weighted by atomic mass is 10.2. The van der Waals surface area contributed by atoms with E-state index < -0.39 is 12.2 Å². The summed E-state index contributed by atoms with van der Waals surface area (Å²) in [6.07, 6.45) is -4.15. The Morgan fingerprint density at radius 3 is 2.69 bits per heavy atom. The van der Waals surface area contributed by atoms with E-state index in [9.17, 15) is 13.2 Å². The van der Waals surface area contributed by atoms with Crippen LogP contribution in [0.3, 0.4) is 0 Å². The van der Waals surface area contributed by atoms with Crippen molar-refractivity contribution in [1.29, 1.82) is 0 Å². The molecule has 0 saturated carbocycles. The Hall–Kier alpha value is 0. The molecule has 0 aromatic heterocycles. The second-order valence-electron chi connectivity index (χ2n) is 2.99. The molecule has 1 saturated heterocycles. The number of alkyl halides is 4. The summed E-state index contributed by atoms with van der Waals surface area (Å²) < 4.78 is 37.2. The molecular weight excluding hydrogens is 205 g/mol. The van der Waals surface area contributed by atoms with Crippen LogP contribution in [0.15, 0.2) is 0 Å². The van der Waals surface area contributed by atoms with Gasteiger partial charge in [-0.15, -0.1) is 11.6 Å². The molecule has 0 aromatic carbocycles. The smallest absolute Gasteiger partial charge is 0.314 e. The van der Waals surface area contributed by atoms with Crippen LogP contribution in [0, 0.1) is 0 Å². The lowest BCUT2D eigenvalue weighted by Crippen LogP contribution is -2.58. The van der Waals surface area contributed by atoms with Gasteiger partial charge in [0.25, 0.3) is 0 Å². The summed E-state index contributed by atoms with van der Waals surface area (Å²) >= 11 is 5.42. The first kappa shape index (κ1) is 11.1. The molecule has 0 bridgehead atoms. The number of halogens is 4. The maximum absolute atomic E-state index is 12.4. The highest BCUT2D eigenvalue weighted by Gasteiger charge is 2.44. The van der Waals surface area contributed by atoms with Gasteiger partial charge in [0.2, 0.25) is 0 Å². The zero-order chi connectivity index (χ0) is 9.90. The van der Waals surface area contributed by atoms with E-state index in [1.807, 2.05) is 0 Å². The normalized spacial score (nSPS) is 26.3. The van der Waals surface area contributed by atoms with Crippen LogP contribution in [0.5, 0.6) is 0 Å². The van der Waals surface area contributed by atoms with Crippen molar-refractivity contribution in [3.05, 3.63) is 0 Å². The third-order valence-electron chi connectivity index (χ3n) is 2.10. The van der Waals surface area contributed by atoms with Crippen molar-refractivity contribution in [3.8, 4) is 0 Å². The van der Waals surface area contributed by atoms with Gasteiger partial charge in [0.1, 0.15) is 6.04 Å². The first-order valence-electron chi connectivity index (χ1n) is 4.13. The van der Waals surface area contributed by atoms with Crippen LogP contribution < -0.4 is 5.32 Å². The second-order valence-corrected chi connectivity index (χ2v) is 3.36. The van der Waals surface area contributed by atoms with E-state index in [0.717, 1.165) is 0 Å². The van der Waals surface area contributed by atoms with Gasteiger partial charge >= 0.3 is 6.18 Å². The van der Waals surface area contributed by atoms with Gasteiger partial charge in [-0.05, 0) is 0 Å². The fourth-order valence-corrected chi connectivity index (χ4v) is 1.66. The van der Waals surface area contributed by atoms with Crippen molar-refractivity contribution in [3.63, 3.8) is 0 Å². The first-order chi connectivity index (χ1) is 6.05. The van der Waals surface area contributed by atoms with Gasteiger partial charge in [0, 0.05) is 32.1 Å². The summed E-state index contributed by atoms with van der Waals surface area (Å²) in [5.41, 5.74) is 0. The Morgan fingerprint density at radius 2 is 2.15 bits per heavy atom. The summed E-state index contributed by atoms with van der Waals surface area (Å²) in [4.78, 5) is 1.38. The molecule has 13 heavy (non-hydrogen) atoms. The largest absolute Gasteiger partial charge is 0.405 e. The molecule has 1 N–H and O–H groups in total. The fourth-order valence-electron chi connectivity index (χ4n) is 1.45. The van der Waals surface area contributed by atoms with Crippen molar-refractivity contribution >= 4 is 11.6 Å². The lowest BCUT2D eigenvalue weighted by molar-refractivity contribution is -0.186. The summed E-state index contributed by atoms with van der Waals surface area (Å²) in [6.45, 7) is 1.29. The summed E-state index contributed by atoms with van der Waals surface area (Å²) in [6, 6.07) is -1.38. The highest BCUT2D eigenvalue weighted by molar-refractivity contribution is 6.18. The molecule has 1 heterocycles. The van der Waals surface area contributed by atoms with Crippen molar-refractivity contribution in [2.45, 2.75) is 12.2 Å². The molecule has 0 aromatic rings. The predicted molar refractivity (Wildman–Crippen MR) is 45.0 cm³/mol. The van der Waals surface area contributed by atoms with Gasteiger partial charge < -0.3 is 5.32 Å². The van der Waals surface area contributed by atoms with E-state index in [-0.39, 0.29) is 12.4 Å². The van der Waals surface area contributed by atoms with Gasteiger partial charge in [-0.1, -0.05) is 0 Å². The first-order valence-corrected chi connectivity index (χ1v) is 4.66. The third-order valence-corrected chi connectivity index (χ3v) is 2.27. The average molecular weight is 217 g/mol. The summed E-state index contributed by atoms with van der Waals surface area (Å²) in [7, 11) is 0. The number of nitrogens with one attached hydrogen (secondary N) is 1. The average Bonchev–Trinajstić information content (AvgIpc) is 2.04. The number of hydrogen-bond acceptors (Lipinski definition) is 2. The van der Waals surface area contributed by atoms with Crippen molar-refractivity contribution in [1.82, 2.24) is 10.2 Å². The molecule has 0 amide bonds. The van der Waals surface area contributed by atoms with Crippen molar-refractivity contribution in [2.75, 3.05) is 32.1 Å². The number of nitrogens with zero attached hydrogens (tertiary/aromatic N) is 1. The minimum atomic E-state index is -4.15. The zero-order valence-corrected chi connectivity index (χ0v) is 7.83. The highest BCUT2D eigenvalue weighted by Crippen LogP contribution is 2.25. The molecule has 1 atom stereocenters. The van der Waals surface area contributed by atoms with Crippen LogP contribution in [0.25, 0.3) is 0 Å². The molecule has 6 heteroatoms. The SMILES string of the molecule is FC(F)(F)C1CNCCN1CCCl. The van der Waals surface area contributed by atoms with Gasteiger partial charge in [-0.2, -0.15) is 13.2 Å². The Morgan fingerprint density at radius 1 is 1.46 bits per heavy atom. The van der Waals surface area contributed by atoms with E-state index in [1.165, 1.54) is 4.90 Å². The van der Waals surface area contributed by atoms with Crippen LogP contribution in [0.4, 0.5) is 13.2 Å². The van der Waals surface area contributed by atoms with Crippen molar-refractivity contribution < 1.29 is 13.2 Å². The van der Waals surface area contributed by atoms with Gasteiger partial charge in [0.15, 0.2) is 0 Å². The van der Waals surface area contributed by atoms with Gasteiger partial charge in [-0.25, -0.2) is 0 Å². The van der Waals surface area contributed by atoms with Gasteiger partial charge in [-0.3, -0.25) is 4.90 Å². The van der Waals surface area contributed by atoms with Crippen LogP contribution >= 0.6 is 11.6 Å². The highest BCUT2D eigenvalue weighted by atomic mass is 35.5. The second kappa shape index (κ2) is 4.48. The molecule has 0 spiro atoms. The Bertz CT molecular complexity index is 160. The molecule has 1 fully saturated rings. The molecule has 78 valence electrons. The van der Waals surface area contributed by atoms with E-state index in [1.54, 1.807) is 0 Å². The Balaban J connectivity index is 2.56. The lowest BCUT2D eigenvalue weighted by Gasteiger charge is -2.36. The number of rotatable bonds is 2. The van der Waals surface area contributed by atoms with Crippen LogP contribution in [-0.4, -0.2) is 49.2 Å². The number of hydrogen-bond donors (Lipinski definition) is 1. The molecule has 0 radical (unpaired) electrons. The Labute approximate surface area is 80.0 Å². The van der Waals surface area contributed by atoms with E-state index >= 15 is 0 Å². The Kier molecular flexibility index (Phi) is 3.82. The predicted octanol–water partition coefficient (Wildman–Crippen LogP) is 1.06. The fraction of sp³-hybridized carbons (Fsp3) is 1.00. The van der Waals surface area contributed by atoms with E-state index in [2.05, 4.69) is 5.32 Å². The molecule has 1 unspecified atom stereocenters. The molecule has 1 rings (SSSR count). The quantitative estimate of drug-likeness (QED) is 0.695. The molecule has 2 nitrogen and oxygen atoms in total. The maximum Gasteiger partial charge on any atom is 0.405 e. The van der Waals surface area contributed by atoms with E-state index in [0.29, 0.717) is 19.6 Å². The molecule has 0 aliphatic carbocycles. The standard InChI is InChI=1S/C7H12ClF3N2/c8-1-3-13-4-2-12-5-6(13)7(9,10)11/h6,12H,1-5H2. The zero-order valence-electron chi connectivity index (χ0n) is 7.07. The minimum absolute atomic E-state index is 0.0274. The third kappa shape index (κ3) is 3.00. The molecular formula is C7H12ClF3N2. The van der Waals surface area contributed by atoms with Crippen LogP contribution in [0.2, 0.25) is 0 Å². The van der Waals surface area contributed by atoms with Crippen LogP contribution in [0.1, 0.15) is 0 Å². The molecule has 1 aliphatic rings. The molecule has 1 aliphatic heterocycles. The monoisotopic (exact) mass is 216 g/mol.